The Kier molecular flexibility index (Phi) is 8.99. The Labute approximate surface area is 144 Å². The summed E-state index contributed by atoms with van der Waals surface area (Å²) in [5.41, 5.74) is 5.83. The molecule has 0 bridgehead atoms. The third kappa shape index (κ3) is 8.21. The minimum absolute atomic E-state index is 0.662. The van der Waals surface area contributed by atoms with Crippen LogP contribution in [-0.4, -0.2) is 0 Å². The fourth-order valence-electron chi connectivity index (χ4n) is 2.95. The minimum Gasteiger partial charge on any atom is -0.0847 e. The molecule has 0 amide bonds. The Bertz CT molecular complexity index is 499. The molecule has 0 saturated heterocycles. The molecule has 128 valence electrons. The molecule has 0 fully saturated rings. The van der Waals surface area contributed by atoms with Crippen molar-refractivity contribution >= 4 is 0 Å². The van der Waals surface area contributed by atoms with Gasteiger partial charge in [0.05, 0.1) is 0 Å². The van der Waals surface area contributed by atoms with Crippen LogP contribution in [0.2, 0.25) is 0 Å². The standard InChI is InChI=1S/C23H36/c1-7-19(4)17-23(18(2)3)11-9-8-10-21(6)16-22-14-12-20(5)13-15-22/h7,12-15,17-18,21H,8-11,16H2,1-6H3/b19-7-,23-17-. The number of hydrogen-bond donors (Lipinski definition) is 0. The van der Waals surface area contributed by atoms with E-state index in [0.29, 0.717) is 5.92 Å². The first-order valence-electron chi connectivity index (χ1n) is 9.31. The molecule has 1 rings (SSSR count). The number of aryl methyl sites for hydroxylation is 1. The van der Waals surface area contributed by atoms with Gasteiger partial charge in [-0.3, -0.25) is 0 Å². The molecule has 1 aromatic carbocycles. The Balaban J connectivity index is 2.35. The second kappa shape index (κ2) is 10.5. The van der Waals surface area contributed by atoms with Crippen molar-refractivity contribution in [1.29, 1.82) is 0 Å². The summed E-state index contributed by atoms with van der Waals surface area (Å²) in [6, 6.07) is 9.02. The van der Waals surface area contributed by atoms with Crippen molar-refractivity contribution < 1.29 is 0 Å². The van der Waals surface area contributed by atoms with Crippen LogP contribution >= 0.6 is 0 Å². The maximum atomic E-state index is 2.39. The average molecular weight is 313 g/mol. The van der Waals surface area contributed by atoms with Gasteiger partial charge in [-0.25, -0.2) is 0 Å². The van der Waals surface area contributed by atoms with Crippen molar-refractivity contribution in [2.24, 2.45) is 11.8 Å². The van der Waals surface area contributed by atoms with Crippen molar-refractivity contribution in [3.63, 3.8) is 0 Å². The SMILES string of the molecule is C/C=C(C)\C=C(\CCCCC(C)Cc1ccc(C)cc1)C(C)C. The fraction of sp³-hybridized carbons (Fsp3) is 0.565. The lowest BCUT2D eigenvalue weighted by atomic mass is 9.92. The first-order valence-corrected chi connectivity index (χ1v) is 9.31. The van der Waals surface area contributed by atoms with Gasteiger partial charge in [0.15, 0.2) is 0 Å². The van der Waals surface area contributed by atoms with Crippen molar-refractivity contribution in [3.8, 4) is 0 Å². The summed E-state index contributed by atoms with van der Waals surface area (Å²) in [4.78, 5) is 0. The molecular weight excluding hydrogens is 276 g/mol. The zero-order chi connectivity index (χ0) is 17.2. The highest BCUT2D eigenvalue weighted by atomic mass is 14.1. The van der Waals surface area contributed by atoms with Crippen LogP contribution < -0.4 is 0 Å². The largest absolute Gasteiger partial charge is 0.0847 e. The maximum absolute atomic E-state index is 2.39. The predicted molar refractivity (Wildman–Crippen MR) is 105 cm³/mol. The molecule has 0 aromatic heterocycles. The van der Waals surface area contributed by atoms with E-state index in [4.69, 9.17) is 0 Å². The van der Waals surface area contributed by atoms with Gasteiger partial charge in [-0.05, 0) is 57.4 Å². The van der Waals surface area contributed by atoms with E-state index in [-0.39, 0.29) is 0 Å². The lowest BCUT2D eigenvalue weighted by molar-refractivity contribution is 0.491. The molecule has 0 radical (unpaired) electrons. The van der Waals surface area contributed by atoms with E-state index in [9.17, 15) is 0 Å². The van der Waals surface area contributed by atoms with Crippen LogP contribution in [0.1, 0.15) is 71.4 Å². The number of hydrogen-bond acceptors (Lipinski definition) is 0. The molecule has 0 nitrogen and oxygen atoms in total. The second-order valence-electron chi connectivity index (χ2n) is 7.45. The molecule has 0 heteroatoms. The van der Waals surface area contributed by atoms with E-state index in [1.807, 2.05) is 0 Å². The van der Waals surface area contributed by atoms with Crippen LogP contribution in [0.3, 0.4) is 0 Å². The van der Waals surface area contributed by atoms with E-state index in [1.54, 1.807) is 5.57 Å². The smallest absolute Gasteiger partial charge is 0.0253 e. The monoisotopic (exact) mass is 312 g/mol. The van der Waals surface area contributed by atoms with Crippen molar-refractivity contribution in [2.75, 3.05) is 0 Å². The van der Waals surface area contributed by atoms with Gasteiger partial charge in [-0.15, -0.1) is 0 Å². The van der Waals surface area contributed by atoms with Crippen molar-refractivity contribution in [1.82, 2.24) is 0 Å². The Morgan fingerprint density at radius 1 is 1.04 bits per heavy atom. The Morgan fingerprint density at radius 2 is 1.70 bits per heavy atom. The zero-order valence-electron chi connectivity index (χ0n) is 16.2. The van der Waals surface area contributed by atoms with Crippen molar-refractivity contribution in [2.45, 2.75) is 73.6 Å². The summed E-state index contributed by atoms with van der Waals surface area (Å²) >= 11 is 0. The number of rotatable bonds is 9. The van der Waals surface area contributed by atoms with Gasteiger partial charge in [-0.2, -0.15) is 0 Å². The van der Waals surface area contributed by atoms with Crippen molar-refractivity contribution in [3.05, 3.63) is 58.7 Å². The molecule has 1 atom stereocenters. The number of unbranched alkanes of at least 4 members (excludes halogenated alkanes) is 1. The summed E-state index contributed by atoms with van der Waals surface area (Å²) in [6.07, 6.45) is 11.0. The lowest BCUT2D eigenvalue weighted by Crippen LogP contribution is -2.01. The maximum Gasteiger partial charge on any atom is -0.0253 e. The fourth-order valence-corrected chi connectivity index (χ4v) is 2.95. The van der Waals surface area contributed by atoms with Gasteiger partial charge < -0.3 is 0 Å². The quantitative estimate of drug-likeness (QED) is 0.332. The van der Waals surface area contributed by atoms with Crippen LogP contribution in [-0.2, 0) is 6.42 Å². The van der Waals surface area contributed by atoms with Gasteiger partial charge in [0.2, 0.25) is 0 Å². The van der Waals surface area contributed by atoms with Gasteiger partial charge in [0, 0.05) is 0 Å². The Morgan fingerprint density at radius 3 is 2.26 bits per heavy atom. The molecule has 1 unspecified atom stereocenters. The first kappa shape index (κ1) is 19.7. The average Bonchev–Trinajstić information content (AvgIpc) is 2.52. The highest BCUT2D eigenvalue weighted by molar-refractivity contribution is 5.22. The van der Waals surface area contributed by atoms with Crippen LogP contribution in [0.25, 0.3) is 0 Å². The molecule has 1 aromatic rings. The normalized spacial score (nSPS) is 14.4. The van der Waals surface area contributed by atoms with E-state index < -0.39 is 0 Å². The van der Waals surface area contributed by atoms with Gasteiger partial charge in [-0.1, -0.05) is 86.7 Å². The highest BCUT2D eigenvalue weighted by Gasteiger charge is 2.06. The molecule has 0 aliphatic heterocycles. The molecular formula is C23H36. The minimum atomic E-state index is 0.662. The molecule has 0 N–H and O–H groups in total. The first-order chi connectivity index (χ1) is 10.9. The van der Waals surface area contributed by atoms with Gasteiger partial charge >= 0.3 is 0 Å². The molecule has 0 saturated carbocycles. The summed E-state index contributed by atoms with van der Waals surface area (Å²) < 4.78 is 0. The summed E-state index contributed by atoms with van der Waals surface area (Å²) in [5.74, 6) is 1.44. The number of allylic oxidation sites excluding steroid dienone is 4. The summed E-state index contributed by atoms with van der Waals surface area (Å²) in [7, 11) is 0. The molecule has 0 aliphatic rings. The Hall–Kier alpha value is -1.30. The molecule has 0 aliphatic carbocycles. The molecule has 0 spiro atoms. The highest BCUT2D eigenvalue weighted by Crippen LogP contribution is 2.22. The molecule has 0 heterocycles. The third-order valence-electron chi connectivity index (χ3n) is 4.73. The second-order valence-corrected chi connectivity index (χ2v) is 7.45. The van der Waals surface area contributed by atoms with Crippen LogP contribution in [0.5, 0.6) is 0 Å². The predicted octanol–water partition coefficient (Wildman–Crippen LogP) is 7.28. The third-order valence-corrected chi connectivity index (χ3v) is 4.73. The van der Waals surface area contributed by atoms with E-state index in [1.165, 1.54) is 48.8 Å². The topological polar surface area (TPSA) is 0 Å². The van der Waals surface area contributed by atoms with Crippen LogP contribution in [0, 0.1) is 18.8 Å². The number of benzene rings is 1. The van der Waals surface area contributed by atoms with E-state index in [2.05, 4.69) is 78.0 Å². The summed E-state index contributed by atoms with van der Waals surface area (Å²) in [5, 5.41) is 0. The molecule has 23 heavy (non-hydrogen) atoms. The van der Waals surface area contributed by atoms with Crippen LogP contribution in [0.4, 0.5) is 0 Å². The van der Waals surface area contributed by atoms with E-state index >= 15 is 0 Å². The van der Waals surface area contributed by atoms with Gasteiger partial charge in [0.1, 0.15) is 0 Å². The zero-order valence-corrected chi connectivity index (χ0v) is 16.2. The lowest BCUT2D eigenvalue weighted by Gasteiger charge is -2.14. The summed E-state index contributed by atoms with van der Waals surface area (Å²) in [6.45, 7) is 13.5. The van der Waals surface area contributed by atoms with Gasteiger partial charge in [0.25, 0.3) is 0 Å². The van der Waals surface area contributed by atoms with E-state index in [0.717, 1.165) is 5.92 Å². The van der Waals surface area contributed by atoms with Crippen LogP contribution in [0.15, 0.2) is 47.6 Å².